The maximum absolute atomic E-state index is 5.25. The molecule has 0 amide bonds. The highest BCUT2D eigenvalue weighted by molar-refractivity contribution is 5.43. The lowest BCUT2D eigenvalue weighted by atomic mass is 10.2. The average Bonchev–Trinajstić information content (AvgIpc) is 2.88. The molecule has 0 atom stereocenters. The van der Waals surface area contributed by atoms with Crippen molar-refractivity contribution in [2.45, 2.75) is 26.8 Å². The van der Waals surface area contributed by atoms with Crippen LogP contribution in [0, 0.1) is 6.92 Å². The Bertz CT molecular complexity index is 536. The molecule has 0 fully saturated rings. The minimum Gasteiger partial charge on any atom is -0.496 e. The number of nitrogens with zero attached hydrogens (tertiary/aromatic N) is 3. The topological polar surface area (TPSA) is 52.0 Å². The largest absolute Gasteiger partial charge is 0.496 e. The van der Waals surface area contributed by atoms with Crippen LogP contribution in [-0.2, 0) is 6.54 Å². The Balaban J connectivity index is 2.11. The molecule has 0 aliphatic heterocycles. The maximum Gasteiger partial charge on any atom is 0.121 e. The smallest absolute Gasteiger partial charge is 0.121 e. The van der Waals surface area contributed by atoms with Gasteiger partial charge in [-0.15, -0.1) is 5.10 Å². The summed E-state index contributed by atoms with van der Waals surface area (Å²) in [6.45, 7) is 5.91. The Hall–Kier alpha value is -1.88. The first-order valence-corrected chi connectivity index (χ1v) is 6.51. The summed E-state index contributed by atoms with van der Waals surface area (Å²) in [5.74, 6) is 0.883. The van der Waals surface area contributed by atoms with Gasteiger partial charge in [-0.3, -0.25) is 0 Å². The Morgan fingerprint density at radius 3 is 2.89 bits per heavy atom. The molecule has 0 aliphatic carbocycles. The van der Waals surface area contributed by atoms with E-state index in [1.807, 2.05) is 31.3 Å². The van der Waals surface area contributed by atoms with Crippen molar-refractivity contribution in [2.75, 3.05) is 13.7 Å². The second kappa shape index (κ2) is 6.33. The summed E-state index contributed by atoms with van der Waals surface area (Å²) in [7, 11) is 1.68. The van der Waals surface area contributed by atoms with Gasteiger partial charge in [-0.2, -0.15) is 0 Å². The van der Waals surface area contributed by atoms with Crippen LogP contribution in [0.5, 0.6) is 5.75 Å². The Kier molecular flexibility index (Phi) is 4.52. The monoisotopic (exact) mass is 260 g/mol. The van der Waals surface area contributed by atoms with Gasteiger partial charge in [-0.25, -0.2) is 4.68 Å². The van der Waals surface area contributed by atoms with E-state index in [2.05, 4.69) is 22.6 Å². The van der Waals surface area contributed by atoms with Gasteiger partial charge in [0.2, 0.25) is 0 Å². The van der Waals surface area contributed by atoms with Crippen LogP contribution < -0.4 is 10.1 Å². The van der Waals surface area contributed by atoms with Crippen molar-refractivity contribution in [3.63, 3.8) is 0 Å². The average molecular weight is 260 g/mol. The second-order valence-corrected chi connectivity index (χ2v) is 4.49. The standard InChI is InChI=1S/C14H20N4O/c1-4-7-15-9-12-10-18(17-16-12)13-5-6-14(19-3)11(2)8-13/h5-6,8,10,15H,4,7,9H2,1-3H3. The molecular weight excluding hydrogens is 240 g/mol. The number of aryl methyl sites for hydroxylation is 1. The minimum absolute atomic E-state index is 0.753. The molecule has 2 aromatic rings. The third-order valence-corrected chi connectivity index (χ3v) is 2.92. The van der Waals surface area contributed by atoms with Crippen LogP contribution in [0.3, 0.4) is 0 Å². The summed E-state index contributed by atoms with van der Waals surface area (Å²) in [5.41, 5.74) is 3.02. The first-order chi connectivity index (χ1) is 9.24. The van der Waals surface area contributed by atoms with Crippen LogP contribution in [0.25, 0.3) is 5.69 Å². The van der Waals surface area contributed by atoms with Gasteiger partial charge in [0, 0.05) is 6.54 Å². The SMILES string of the molecule is CCCNCc1cn(-c2ccc(OC)c(C)c2)nn1. The fourth-order valence-electron chi connectivity index (χ4n) is 1.90. The van der Waals surface area contributed by atoms with E-state index in [1.165, 1.54) is 0 Å². The number of hydrogen-bond donors (Lipinski definition) is 1. The zero-order valence-corrected chi connectivity index (χ0v) is 11.7. The number of methoxy groups -OCH3 is 1. The van der Waals surface area contributed by atoms with E-state index in [4.69, 9.17) is 4.74 Å². The van der Waals surface area contributed by atoms with E-state index in [1.54, 1.807) is 11.8 Å². The lowest BCUT2D eigenvalue weighted by Crippen LogP contribution is -2.13. The highest BCUT2D eigenvalue weighted by atomic mass is 16.5. The lowest BCUT2D eigenvalue weighted by Gasteiger charge is -2.06. The highest BCUT2D eigenvalue weighted by Crippen LogP contribution is 2.20. The van der Waals surface area contributed by atoms with Crippen molar-refractivity contribution >= 4 is 0 Å². The molecule has 0 radical (unpaired) electrons. The van der Waals surface area contributed by atoms with E-state index in [9.17, 15) is 0 Å². The van der Waals surface area contributed by atoms with Gasteiger partial charge in [-0.1, -0.05) is 12.1 Å². The fraction of sp³-hybridized carbons (Fsp3) is 0.429. The molecule has 0 aliphatic rings. The molecule has 19 heavy (non-hydrogen) atoms. The lowest BCUT2D eigenvalue weighted by molar-refractivity contribution is 0.411. The first kappa shape index (κ1) is 13.5. The molecule has 1 N–H and O–H groups in total. The van der Waals surface area contributed by atoms with Crippen LogP contribution in [-0.4, -0.2) is 28.6 Å². The van der Waals surface area contributed by atoms with Gasteiger partial charge < -0.3 is 10.1 Å². The van der Waals surface area contributed by atoms with Crippen molar-refractivity contribution in [3.05, 3.63) is 35.7 Å². The van der Waals surface area contributed by atoms with Gasteiger partial charge in [0.1, 0.15) is 5.75 Å². The molecule has 0 saturated carbocycles. The summed E-state index contributed by atoms with van der Waals surface area (Å²) in [4.78, 5) is 0. The molecule has 0 spiro atoms. The van der Waals surface area contributed by atoms with Crippen LogP contribution in [0.1, 0.15) is 24.6 Å². The maximum atomic E-state index is 5.25. The summed E-state index contributed by atoms with van der Waals surface area (Å²) in [6.07, 6.45) is 3.07. The van der Waals surface area contributed by atoms with Gasteiger partial charge in [0.25, 0.3) is 0 Å². The molecule has 1 aromatic heterocycles. The predicted molar refractivity (Wildman–Crippen MR) is 74.6 cm³/mol. The van der Waals surface area contributed by atoms with Gasteiger partial charge in [0.15, 0.2) is 0 Å². The molecule has 102 valence electrons. The van der Waals surface area contributed by atoms with Crippen LogP contribution in [0.4, 0.5) is 0 Å². The zero-order valence-electron chi connectivity index (χ0n) is 11.7. The Morgan fingerprint density at radius 2 is 2.21 bits per heavy atom. The van der Waals surface area contributed by atoms with E-state index in [0.717, 1.165) is 42.2 Å². The molecule has 1 aromatic carbocycles. The number of nitrogens with one attached hydrogen (secondary N) is 1. The number of rotatable bonds is 6. The second-order valence-electron chi connectivity index (χ2n) is 4.49. The van der Waals surface area contributed by atoms with Crippen LogP contribution in [0.15, 0.2) is 24.4 Å². The normalized spacial score (nSPS) is 10.7. The fourth-order valence-corrected chi connectivity index (χ4v) is 1.90. The van der Waals surface area contributed by atoms with E-state index in [0.29, 0.717) is 0 Å². The number of aromatic nitrogens is 3. The summed E-state index contributed by atoms with van der Waals surface area (Å²) < 4.78 is 7.04. The number of benzene rings is 1. The van der Waals surface area contributed by atoms with E-state index >= 15 is 0 Å². The van der Waals surface area contributed by atoms with E-state index < -0.39 is 0 Å². The van der Waals surface area contributed by atoms with Crippen molar-refractivity contribution in [2.24, 2.45) is 0 Å². The first-order valence-electron chi connectivity index (χ1n) is 6.51. The third-order valence-electron chi connectivity index (χ3n) is 2.92. The number of hydrogen-bond acceptors (Lipinski definition) is 4. The minimum atomic E-state index is 0.753. The van der Waals surface area contributed by atoms with Crippen molar-refractivity contribution in [1.82, 2.24) is 20.3 Å². The third kappa shape index (κ3) is 3.32. The summed E-state index contributed by atoms with van der Waals surface area (Å²) in [6, 6.07) is 5.96. The summed E-state index contributed by atoms with van der Waals surface area (Å²) in [5, 5.41) is 11.6. The van der Waals surface area contributed by atoms with Gasteiger partial charge in [0.05, 0.1) is 24.7 Å². The number of ether oxygens (including phenoxy) is 1. The van der Waals surface area contributed by atoms with Crippen molar-refractivity contribution in [1.29, 1.82) is 0 Å². The molecule has 0 saturated heterocycles. The molecule has 1 heterocycles. The molecule has 0 unspecified atom stereocenters. The Morgan fingerprint density at radius 1 is 1.37 bits per heavy atom. The Labute approximate surface area is 113 Å². The van der Waals surface area contributed by atoms with Crippen molar-refractivity contribution in [3.8, 4) is 11.4 Å². The molecule has 0 bridgehead atoms. The quantitative estimate of drug-likeness (QED) is 0.808. The highest BCUT2D eigenvalue weighted by Gasteiger charge is 2.05. The van der Waals surface area contributed by atoms with Crippen LogP contribution in [0.2, 0.25) is 0 Å². The van der Waals surface area contributed by atoms with Gasteiger partial charge >= 0.3 is 0 Å². The zero-order chi connectivity index (χ0) is 13.7. The molecule has 5 nitrogen and oxygen atoms in total. The van der Waals surface area contributed by atoms with Crippen LogP contribution >= 0.6 is 0 Å². The molecule has 5 heteroatoms. The predicted octanol–water partition coefficient (Wildman–Crippen LogP) is 2.08. The molecule has 2 rings (SSSR count). The van der Waals surface area contributed by atoms with E-state index in [-0.39, 0.29) is 0 Å². The molecular formula is C14H20N4O. The van der Waals surface area contributed by atoms with Gasteiger partial charge in [-0.05, 0) is 43.7 Å². The summed E-state index contributed by atoms with van der Waals surface area (Å²) >= 11 is 0. The van der Waals surface area contributed by atoms with Crippen molar-refractivity contribution < 1.29 is 4.74 Å².